The van der Waals surface area contributed by atoms with E-state index in [4.69, 9.17) is 16.7 Å². The molecule has 1 aromatic rings. The van der Waals surface area contributed by atoms with E-state index in [0.29, 0.717) is 5.69 Å². The van der Waals surface area contributed by atoms with Crippen LogP contribution in [0.2, 0.25) is 5.02 Å². The second-order valence-corrected chi connectivity index (χ2v) is 4.84. The van der Waals surface area contributed by atoms with Crippen LogP contribution >= 0.6 is 11.6 Å². The number of benzene rings is 1. The largest absolute Gasteiger partial charge is 0.325 e. The maximum absolute atomic E-state index is 11.0. The van der Waals surface area contributed by atoms with E-state index in [1.807, 2.05) is 13.8 Å². The molecule has 1 amide bonds. The highest BCUT2D eigenvalue weighted by Crippen LogP contribution is 2.24. The molecule has 0 aliphatic heterocycles. The van der Waals surface area contributed by atoms with Crippen molar-refractivity contribution in [2.45, 2.75) is 25.7 Å². The molecule has 0 spiro atoms. The monoisotopic (exact) mass is 278 g/mol. The molecule has 7 heteroatoms. The van der Waals surface area contributed by atoms with Gasteiger partial charge in [-0.1, -0.05) is 25.4 Å². The molecule has 0 fully saturated rings. The van der Waals surface area contributed by atoms with Crippen LogP contribution in [0.15, 0.2) is 23.1 Å². The minimum absolute atomic E-state index is 0.0957. The number of primary sulfonamides is 1. The summed E-state index contributed by atoms with van der Waals surface area (Å²) in [5.74, 6) is -0.291. The Kier molecular flexibility index (Phi) is 6.15. The van der Waals surface area contributed by atoms with Gasteiger partial charge in [-0.2, -0.15) is 0 Å². The van der Waals surface area contributed by atoms with Crippen LogP contribution in [-0.2, 0) is 14.8 Å². The third-order valence-electron chi connectivity index (χ3n) is 1.58. The maximum atomic E-state index is 11.0. The molecule has 0 aliphatic rings. The number of anilines is 1. The third-order valence-corrected chi connectivity index (χ3v) is 2.80. The molecule has 0 saturated carbocycles. The predicted octanol–water partition coefficient (Wildman–Crippen LogP) is 1.97. The van der Waals surface area contributed by atoms with Crippen molar-refractivity contribution in [1.29, 1.82) is 0 Å². The van der Waals surface area contributed by atoms with E-state index in [9.17, 15) is 13.2 Å². The van der Waals surface area contributed by atoms with Gasteiger partial charge in [0, 0.05) is 6.92 Å². The van der Waals surface area contributed by atoms with Crippen molar-refractivity contribution in [3.63, 3.8) is 0 Å². The van der Waals surface area contributed by atoms with E-state index in [0.717, 1.165) is 0 Å². The van der Waals surface area contributed by atoms with Gasteiger partial charge in [0.25, 0.3) is 0 Å². The van der Waals surface area contributed by atoms with Crippen molar-refractivity contribution >= 4 is 33.2 Å². The Hall–Kier alpha value is -1.11. The van der Waals surface area contributed by atoms with Crippen LogP contribution in [0.25, 0.3) is 0 Å². The first-order valence-electron chi connectivity index (χ1n) is 4.90. The smallest absolute Gasteiger partial charge is 0.238 e. The summed E-state index contributed by atoms with van der Waals surface area (Å²) in [4.78, 5) is 10.6. The lowest BCUT2D eigenvalue weighted by molar-refractivity contribution is -0.114. The van der Waals surface area contributed by atoms with Gasteiger partial charge in [-0.3, -0.25) is 4.79 Å². The molecule has 0 unspecified atom stereocenters. The summed E-state index contributed by atoms with van der Waals surface area (Å²) in [7, 11) is -3.77. The SMILES string of the molecule is CC.CC(=O)Nc1ccc(S(N)(=O)=O)cc1Cl. The summed E-state index contributed by atoms with van der Waals surface area (Å²) in [5, 5.41) is 7.47. The van der Waals surface area contributed by atoms with Gasteiger partial charge in [0.2, 0.25) is 15.9 Å². The van der Waals surface area contributed by atoms with Crippen LogP contribution < -0.4 is 10.5 Å². The maximum Gasteiger partial charge on any atom is 0.238 e. The minimum atomic E-state index is -3.77. The van der Waals surface area contributed by atoms with Gasteiger partial charge in [-0.05, 0) is 18.2 Å². The van der Waals surface area contributed by atoms with E-state index < -0.39 is 10.0 Å². The summed E-state index contributed by atoms with van der Waals surface area (Å²) < 4.78 is 21.9. The van der Waals surface area contributed by atoms with Gasteiger partial charge in [0.05, 0.1) is 15.6 Å². The Balaban J connectivity index is 0.00000121. The molecule has 3 N–H and O–H groups in total. The van der Waals surface area contributed by atoms with Gasteiger partial charge >= 0.3 is 0 Å². The number of rotatable bonds is 2. The molecule has 0 radical (unpaired) electrons. The number of nitrogens with two attached hydrogens (primary N) is 1. The first kappa shape index (κ1) is 15.9. The molecule has 0 bridgehead atoms. The second-order valence-electron chi connectivity index (χ2n) is 2.87. The van der Waals surface area contributed by atoms with E-state index in [2.05, 4.69) is 5.32 Å². The molecule has 1 aromatic carbocycles. The Morgan fingerprint density at radius 3 is 2.24 bits per heavy atom. The van der Waals surface area contributed by atoms with Crippen LogP contribution in [-0.4, -0.2) is 14.3 Å². The Labute approximate surface area is 106 Å². The van der Waals surface area contributed by atoms with Crippen LogP contribution in [0.4, 0.5) is 5.69 Å². The lowest BCUT2D eigenvalue weighted by Crippen LogP contribution is -2.12. The number of carbonyl (C=O) groups excluding carboxylic acids is 1. The highest BCUT2D eigenvalue weighted by molar-refractivity contribution is 7.89. The van der Waals surface area contributed by atoms with Gasteiger partial charge in [0.1, 0.15) is 0 Å². The topological polar surface area (TPSA) is 89.3 Å². The van der Waals surface area contributed by atoms with Gasteiger partial charge in [-0.15, -0.1) is 0 Å². The molecule has 5 nitrogen and oxygen atoms in total. The Bertz CT molecular complexity index is 500. The summed E-state index contributed by atoms with van der Waals surface area (Å²) in [6.07, 6.45) is 0. The zero-order chi connectivity index (χ0) is 13.6. The molecule has 0 saturated heterocycles. The quantitative estimate of drug-likeness (QED) is 0.867. The lowest BCUT2D eigenvalue weighted by atomic mass is 10.3. The van der Waals surface area contributed by atoms with Crippen LogP contribution in [0.3, 0.4) is 0 Å². The number of halogens is 1. The highest BCUT2D eigenvalue weighted by Gasteiger charge is 2.10. The standard InChI is InChI=1S/C8H9ClN2O3S.C2H6/c1-5(12)11-8-3-2-6(4-7(8)9)15(10,13)14;1-2/h2-4H,1H3,(H,11,12)(H2,10,13,14);1-2H3. The average Bonchev–Trinajstić information content (AvgIpc) is 2.22. The number of hydrogen-bond donors (Lipinski definition) is 2. The highest BCUT2D eigenvalue weighted by atomic mass is 35.5. The molecular weight excluding hydrogens is 264 g/mol. The van der Waals surface area contributed by atoms with Crippen molar-refractivity contribution in [3.8, 4) is 0 Å². The van der Waals surface area contributed by atoms with Crippen molar-refractivity contribution < 1.29 is 13.2 Å². The molecule has 0 aromatic heterocycles. The fourth-order valence-corrected chi connectivity index (χ4v) is 1.80. The Morgan fingerprint density at radius 2 is 1.88 bits per heavy atom. The van der Waals surface area contributed by atoms with Crippen LogP contribution in [0.1, 0.15) is 20.8 Å². The minimum Gasteiger partial charge on any atom is -0.325 e. The number of carbonyl (C=O) groups is 1. The molecule has 0 atom stereocenters. The Morgan fingerprint density at radius 1 is 1.35 bits per heavy atom. The molecule has 1 rings (SSSR count). The summed E-state index contributed by atoms with van der Waals surface area (Å²) >= 11 is 5.74. The molecule has 96 valence electrons. The third kappa shape index (κ3) is 5.16. The average molecular weight is 279 g/mol. The van der Waals surface area contributed by atoms with Crippen LogP contribution in [0, 0.1) is 0 Å². The molecule has 0 aliphatic carbocycles. The molecule has 0 heterocycles. The zero-order valence-corrected chi connectivity index (χ0v) is 11.4. The summed E-state index contributed by atoms with van der Waals surface area (Å²) in [6, 6.07) is 3.83. The first-order valence-corrected chi connectivity index (χ1v) is 6.83. The first-order chi connectivity index (χ1) is 7.80. The number of amides is 1. The molecule has 17 heavy (non-hydrogen) atoms. The fourth-order valence-electron chi connectivity index (χ4n) is 0.964. The second kappa shape index (κ2) is 6.58. The van der Waals surface area contributed by atoms with Gasteiger partial charge in [-0.25, -0.2) is 13.6 Å². The van der Waals surface area contributed by atoms with E-state index in [-0.39, 0.29) is 15.8 Å². The van der Waals surface area contributed by atoms with E-state index >= 15 is 0 Å². The predicted molar refractivity (Wildman–Crippen MR) is 68.5 cm³/mol. The number of hydrogen-bond acceptors (Lipinski definition) is 3. The number of sulfonamides is 1. The van der Waals surface area contributed by atoms with Crippen molar-refractivity contribution in [2.24, 2.45) is 5.14 Å². The van der Waals surface area contributed by atoms with Crippen LogP contribution in [0.5, 0.6) is 0 Å². The van der Waals surface area contributed by atoms with E-state index in [1.54, 1.807) is 0 Å². The normalized spacial score (nSPS) is 10.2. The molecular formula is C10H15ClN2O3S. The van der Waals surface area contributed by atoms with Gasteiger partial charge in [0.15, 0.2) is 0 Å². The summed E-state index contributed by atoms with van der Waals surface area (Å²) in [6.45, 7) is 5.32. The van der Waals surface area contributed by atoms with E-state index in [1.165, 1.54) is 25.1 Å². The zero-order valence-electron chi connectivity index (χ0n) is 9.82. The van der Waals surface area contributed by atoms with Crippen molar-refractivity contribution in [2.75, 3.05) is 5.32 Å². The number of nitrogens with one attached hydrogen (secondary N) is 1. The van der Waals surface area contributed by atoms with Crippen molar-refractivity contribution in [3.05, 3.63) is 23.2 Å². The fraction of sp³-hybridized carbons (Fsp3) is 0.300. The van der Waals surface area contributed by atoms with Crippen molar-refractivity contribution in [1.82, 2.24) is 0 Å². The summed E-state index contributed by atoms with van der Waals surface area (Å²) in [5.41, 5.74) is 0.344. The van der Waals surface area contributed by atoms with Gasteiger partial charge < -0.3 is 5.32 Å². The lowest BCUT2D eigenvalue weighted by Gasteiger charge is -2.05.